The van der Waals surface area contributed by atoms with Gasteiger partial charge in [-0.05, 0) is 32.3 Å². The highest BCUT2D eigenvalue weighted by Crippen LogP contribution is 2.04. The largest absolute Gasteiger partial charge is 0.444 e. The van der Waals surface area contributed by atoms with Gasteiger partial charge < -0.3 is 10.5 Å². The lowest BCUT2D eigenvalue weighted by atomic mass is 10.2. The Morgan fingerprint density at radius 2 is 2.15 bits per heavy atom. The number of carbonyl (C=O) groups is 1. The third-order valence-corrected chi connectivity index (χ3v) is 1.12. The van der Waals surface area contributed by atoms with Crippen LogP contribution in [0.5, 0.6) is 0 Å². The zero-order valence-electron chi connectivity index (χ0n) is 7.85. The maximum atomic E-state index is 10.0. The van der Waals surface area contributed by atoms with Crippen molar-refractivity contribution in [2.75, 3.05) is 0 Å². The summed E-state index contributed by atoms with van der Waals surface area (Å²) in [5.41, 5.74) is 4.26. The molecule has 1 aromatic heterocycles. The van der Waals surface area contributed by atoms with E-state index in [0.717, 1.165) is 0 Å². The predicted molar refractivity (Wildman–Crippen MR) is 50.3 cm³/mol. The van der Waals surface area contributed by atoms with Crippen LogP contribution < -0.4 is 5.73 Å². The lowest BCUT2D eigenvalue weighted by molar-refractivity contribution is 0.0600. The van der Waals surface area contributed by atoms with Gasteiger partial charge in [0.05, 0.1) is 6.20 Å². The summed E-state index contributed by atoms with van der Waals surface area (Å²) < 4.78 is 8.09. The number of rotatable bonds is 0. The molecule has 2 N–H and O–H groups in total. The molecule has 6 heteroatoms. The molecule has 0 aromatic carbocycles. The number of hydrogen-bond donors (Lipinski definition) is 1. The van der Waals surface area contributed by atoms with Gasteiger partial charge in [-0.1, -0.05) is 4.49 Å². The predicted octanol–water partition coefficient (Wildman–Crippen LogP) is 1.42. The molecule has 0 saturated carbocycles. The van der Waals surface area contributed by atoms with Crippen molar-refractivity contribution >= 4 is 17.6 Å². The van der Waals surface area contributed by atoms with E-state index in [1.165, 1.54) is 11.5 Å². The van der Waals surface area contributed by atoms with Crippen molar-refractivity contribution in [3.05, 3.63) is 11.6 Å². The van der Waals surface area contributed by atoms with Crippen molar-refractivity contribution in [1.29, 1.82) is 0 Å². The van der Waals surface area contributed by atoms with E-state index in [1.807, 2.05) is 5.38 Å². The molecule has 0 saturated heterocycles. The van der Waals surface area contributed by atoms with Crippen molar-refractivity contribution in [2.45, 2.75) is 26.4 Å². The van der Waals surface area contributed by atoms with E-state index < -0.39 is 11.7 Å². The third kappa shape index (κ3) is 10.8. The first-order chi connectivity index (χ1) is 5.92. The van der Waals surface area contributed by atoms with Gasteiger partial charge in [0, 0.05) is 5.38 Å². The summed E-state index contributed by atoms with van der Waals surface area (Å²) in [6.45, 7) is 5.28. The van der Waals surface area contributed by atoms with E-state index in [1.54, 1.807) is 27.0 Å². The van der Waals surface area contributed by atoms with Gasteiger partial charge in [-0.3, -0.25) is 0 Å². The van der Waals surface area contributed by atoms with Crippen LogP contribution in [0.1, 0.15) is 20.8 Å². The van der Waals surface area contributed by atoms with Crippen LogP contribution >= 0.6 is 11.5 Å². The highest BCUT2D eigenvalue weighted by Gasteiger charge is 2.12. The molecule has 0 unspecified atom stereocenters. The Hall–Kier alpha value is -1.17. The molecule has 13 heavy (non-hydrogen) atoms. The van der Waals surface area contributed by atoms with Gasteiger partial charge >= 0.3 is 6.09 Å². The van der Waals surface area contributed by atoms with Gasteiger partial charge in [-0.15, -0.1) is 5.10 Å². The van der Waals surface area contributed by atoms with Crippen LogP contribution in [0, 0.1) is 0 Å². The molecule has 74 valence electrons. The van der Waals surface area contributed by atoms with Crippen LogP contribution in [-0.4, -0.2) is 21.3 Å². The van der Waals surface area contributed by atoms with Crippen molar-refractivity contribution in [2.24, 2.45) is 5.73 Å². The smallest absolute Gasteiger partial charge is 0.405 e. The molecule has 0 atom stereocenters. The fourth-order valence-corrected chi connectivity index (χ4v) is 0.710. The molecular formula is C7H13N3O2S. The Bertz CT molecular complexity index is 213. The zero-order chi connectivity index (χ0) is 10.3. The molecule has 5 nitrogen and oxygen atoms in total. The molecule has 0 bridgehead atoms. The lowest BCUT2D eigenvalue weighted by Crippen LogP contribution is -2.27. The Labute approximate surface area is 81.1 Å². The van der Waals surface area contributed by atoms with Gasteiger partial charge in [-0.2, -0.15) is 0 Å². The second kappa shape index (κ2) is 5.47. The van der Waals surface area contributed by atoms with Gasteiger partial charge in [0.1, 0.15) is 5.60 Å². The maximum absolute atomic E-state index is 10.0. The van der Waals surface area contributed by atoms with Crippen LogP contribution in [0.2, 0.25) is 0 Å². The number of nitrogens with zero attached hydrogens (tertiary/aromatic N) is 2. The minimum atomic E-state index is -0.725. The number of primary amides is 1. The summed E-state index contributed by atoms with van der Waals surface area (Å²) in [5.74, 6) is 0. The van der Waals surface area contributed by atoms with Gasteiger partial charge in [0.2, 0.25) is 0 Å². The number of nitrogens with two attached hydrogens (primary N) is 1. The van der Waals surface area contributed by atoms with Gasteiger partial charge in [0.15, 0.2) is 0 Å². The lowest BCUT2D eigenvalue weighted by Gasteiger charge is -2.16. The molecule has 1 rings (SSSR count). The van der Waals surface area contributed by atoms with Crippen molar-refractivity contribution in [1.82, 2.24) is 9.59 Å². The van der Waals surface area contributed by atoms with Crippen molar-refractivity contribution in [3.63, 3.8) is 0 Å². The third-order valence-electron chi connectivity index (χ3n) is 0.689. The first kappa shape index (κ1) is 11.8. The molecule has 1 heterocycles. The molecule has 0 spiro atoms. The number of aromatic nitrogens is 2. The van der Waals surface area contributed by atoms with Crippen molar-refractivity contribution in [3.8, 4) is 0 Å². The van der Waals surface area contributed by atoms with Crippen molar-refractivity contribution < 1.29 is 9.53 Å². The number of hydrogen-bond acceptors (Lipinski definition) is 5. The topological polar surface area (TPSA) is 78.1 Å². The second-order valence-electron chi connectivity index (χ2n) is 3.12. The Morgan fingerprint density at radius 3 is 2.23 bits per heavy atom. The molecule has 0 aliphatic heterocycles. The molecule has 0 radical (unpaired) electrons. The fraction of sp³-hybridized carbons (Fsp3) is 0.571. The Morgan fingerprint density at radius 1 is 1.54 bits per heavy atom. The second-order valence-corrected chi connectivity index (χ2v) is 3.77. The maximum Gasteiger partial charge on any atom is 0.405 e. The molecule has 0 aliphatic rings. The van der Waals surface area contributed by atoms with Crippen LogP contribution in [0.15, 0.2) is 11.6 Å². The first-order valence-corrected chi connectivity index (χ1v) is 4.45. The Kier molecular flexibility index (Phi) is 4.98. The highest BCUT2D eigenvalue weighted by molar-refractivity contribution is 7.03. The summed E-state index contributed by atoms with van der Waals surface area (Å²) >= 11 is 1.35. The summed E-state index contributed by atoms with van der Waals surface area (Å²) in [5, 5.41) is 5.31. The average molecular weight is 203 g/mol. The fourth-order valence-electron chi connectivity index (χ4n) is 0.438. The van der Waals surface area contributed by atoms with E-state index in [2.05, 4.69) is 14.3 Å². The quantitative estimate of drug-likeness (QED) is 0.691. The molecule has 0 fully saturated rings. The standard InChI is InChI=1S/C5H11NO2.C2H2N2S/c1-5(2,3)8-4(6)7;1-2-5-4-3-1/h1-3H3,(H2,6,7);1-2H. The minimum Gasteiger partial charge on any atom is -0.444 e. The summed E-state index contributed by atoms with van der Waals surface area (Å²) in [6.07, 6.45) is 0.933. The van der Waals surface area contributed by atoms with E-state index >= 15 is 0 Å². The van der Waals surface area contributed by atoms with E-state index in [0.29, 0.717) is 0 Å². The number of ether oxygens (including phenoxy) is 1. The molecule has 0 aliphatic carbocycles. The van der Waals surface area contributed by atoms with E-state index in [9.17, 15) is 4.79 Å². The van der Waals surface area contributed by atoms with Crippen LogP contribution in [0.4, 0.5) is 4.79 Å². The first-order valence-electron chi connectivity index (χ1n) is 3.61. The van der Waals surface area contributed by atoms with Gasteiger partial charge in [0.25, 0.3) is 0 Å². The van der Waals surface area contributed by atoms with Crippen LogP contribution in [0.3, 0.4) is 0 Å². The van der Waals surface area contributed by atoms with E-state index in [4.69, 9.17) is 5.73 Å². The van der Waals surface area contributed by atoms with Crippen LogP contribution in [0.25, 0.3) is 0 Å². The SMILES string of the molecule is CC(C)(C)OC(N)=O.c1csnn1. The highest BCUT2D eigenvalue weighted by atomic mass is 32.1. The molecule has 1 aromatic rings. The molecule has 1 amide bonds. The minimum absolute atomic E-state index is 0.453. The average Bonchev–Trinajstić information content (AvgIpc) is 2.33. The Balaban J connectivity index is 0.000000243. The monoisotopic (exact) mass is 203 g/mol. The zero-order valence-corrected chi connectivity index (χ0v) is 8.67. The normalized spacial score (nSPS) is 9.77. The summed E-state index contributed by atoms with van der Waals surface area (Å²) in [6, 6.07) is 0. The molecular weight excluding hydrogens is 190 g/mol. The van der Waals surface area contributed by atoms with Gasteiger partial charge in [-0.25, -0.2) is 4.79 Å². The van der Waals surface area contributed by atoms with E-state index in [-0.39, 0.29) is 0 Å². The summed E-state index contributed by atoms with van der Waals surface area (Å²) in [7, 11) is 0. The number of carbonyl (C=O) groups excluding carboxylic acids is 1. The number of amides is 1. The summed E-state index contributed by atoms with van der Waals surface area (Å²) in [4.78, 5) is 10.0. The van der Waals surface area contributed by atoms with Crippen LogP contribution in [-0.2, 0) is 4.74 Å².